The van der Waals surface area contributed by atoms with Crippen LogP contribution in [0.5, 0.6) is 0 Å². The van der Waals surface area contributed by atoms with E-state index in [1.807, 2.05) is 44.2 Å². The summed E-state index contributed by atoms with van der Waals surface area (Å²) in [6.45, 7) is 4.63. The largest absolute Gasteiger partial charge is 0.461 e. The van der Waals surface area contributed by atoms with Crippen molar-refractivity contribution in [2.45, 2.75) is 39.7 Å². The number of hydrogen-bond donors (Lipinski definition) is 0. The van der Waals surface area contributed by atoms with Gasteiger partial charge in [-0.2, -0.15) is 0 Å². The van der Waals surface area contributed by atoms with Crippen LogP contribution in [-0.4, -0.2) is 41.1 Å². The molecule has 6 heteroatoms. The number of carbonyl (C=O) groups excluding carboxylic acids is 3. The predicted molar refractivity (Wildman–Crippen MR) is 118 cm³/mol. The fourth-order valence-electron chi connectivity index (χ4n) is 4.12. The minimum atomic E-state index is -0.279. The van der Waals surface area contributed by atoms with E-state index >= 15 is 0 Å². The van der Waals surface area contributed by atoms with Crippen LogP contribution in [0.4, 0.5) is 0 Å². The van der Waals surface area contributed by atoms with Gasteiger partial charge in [-0.25, -0.2) is 0 Å². The standard InChI is InChI=1S/C25H26N2O4/c1-4-21-20(17-8-5-6-9-22(17)31-21)15-26(3)23(28)10-7-13-27-24(29)18-12-11-16(2)14-19(18)25(27)30/h5-6,8-9,11-12,14H,4,7,10,13,15H2,1-3H3. The van der Waals surface area contributed by atoms with Crippen LogP contribution < -0.4 is 0 Å². The zero-order valence-electron chi connectivity index (χ0n) is 18.1. The Labute approximate surface area is 181 Å². The minimum absolute atomic E-state index is 0.0280. The van der Waals surface area contributed by atoms with Crippen molar-refractivity contribution in [2.24, 2.45) is 0 Å². The van der Waals surface area contributed by atoms with Crippen molar-refractivity contribution in [1.29, 1.82) is 0 Å². The molecule has 0 radical (unpaired) electrons. The van der Waals surface area contributed by atoms with Crippen LogP contribution in [0.2, 0.25) is 0 Å². The van der Waals surface area contributed by atoms with E-state index in [4.69, 9.17) is 4.42 Å². The smallest absolute Gasteiger partial charge is 0.261 e. The van der Waals surface area contributed by atoms with Gasteiger partial charge in [-0.3, -0.25) is 19.3 Å². The van der Waals surface area contributed by atoms with Gasteiger partial charge < -0.3 is 9.32 Å². The number of furan rings is 1. The van der Waals surface area contributed by atoms with Gasteiger partial charge in [-0.15, -0.1) is 0 Å². The summed E-state index contributed by atoms with van der Waals surface area (Å²) in [5.74, 6) is 0.308. The van der Waals surface area contributed by atoms with Crippen molar-refractivity contribution < 1.29 is 18.8 Å². The molecular weight excluding hydrogens is 392 g/mol. The lowest BCUT2D eigenvalue weighted by molar-refractivity contribution is -0.130. The molecule has 0 saturated carbocycles. The molecule has 3 aromatic rings. The third-order valence-corrected chi connectivity index (χ3v) is 5.82. The Hall–Kier alpha value is -3.41. The van der Waals surface area contributed by atoms with Gasteiger partial charge in [0.05, 0.1) is 11.1 Å². The van der Waals surface area contributed by atoms with Gasteiger partial charge in [0.1, 0.15) is 11.3 Å². The van der Waals surface area contributed by atoms with Crippen molar-refractivity contribution in [1.82, 2.24) is 9.80 Å². The van der Waals surface area contributed by atoms with E-state index in [1.165, 1.54) is 4.90 Å². The van der Waals surface area contributed by atoms with Crippen LogP contribution in [0.1, 0.15) is 57.4 Å². The first-order valence-corrected chi connectivity index (χ1v) is 10.6. The van der Waals surface area contributed by atoms with E-state index in [1.54, 1.807) is 24.1 Å². The monoisotopic (exact) mass is 418 g/mol. The topological polar surface area (TPSA) is 70.8 Å². The van der Waals surface area contributed by atoms with E-state index in [9.17, 15) is 14.4 Å². The van der Waals surface area contributed by atoms with Gasteiger partial charge in [0.15, 0.2) is 0 Å². The van der Waals surface area contributed by atoms with Crippen molar-refractivity contribution in [3.8, 4) is 0 Å². The lowest BCUT2D eigenvalue weighted by Crippen LogP contribution is -2.32. The van der Waals surface area contributed by atoms with E-state index < -0.39 is 0 Å². The van der Waals surface area contributed by atoms with Crippen molar-refractivity contribution in [2.75, 3.05) is 13.6 Å². The molecule has 4 rings (SSSR count). The number of nitrogens with zero attached hydrogens (tertiary/aromatic N) is 2. The van der Waals surface area contributed by atoms with Crippen LogP contribution in [0, 0.1) is 6.92 Å². The number of rotatable bonds is 7. The second-order valence-corrected chi connectivity index (χ2v) is 8.02. The summed E-state index contributed by atoms with van der Waals surface area (Å²) >= 11 is 0. The average molecular weight is 418 g/mol. The SMILES string of the molecule is CCc1oc2ccccc2c1CN(C)C(=O)CCCN1C(=O)c2ccc(C)cc2C1=O. The highest BCUT2D eigenvalue weighted by molar-refractivity contribution is 6.21. The Balaban J connectivity index is 1.37. The number of fused-ring (bicyclic) bond motifs is 2. The van der Waals surface area contributed by atoms with Crippen LogP contribution in [0.3, 0.4) is 0 Å². The Kier molecular flexibility index (Phi) is 5.63. The van der Waals surface area contributed by atoms with Gasteiger partial charge in [-0.05, 0) is 31.5 Å². The van der Waals surface area contributed by atoms with Crippen LogP contribution >= 0.6 is 0 Å². The zero-order chi connectivity index (χ0) is 22.1. The molecule has 6 nitrogen and oxygen atoms in total. The summed E-state index contributed by atoms with van der Waals surface area (Å²) < 4.78 is 5.92. The molecule has 2 heterocycles. The van der Waals surface area contributed by atoms with Gasteiger partial charge in [0.25, 0.3) is 11.8 Å². The minimum Gasteiger partial charge on any atom is -0.461 e. The number of amides is 3. The highest BCUT2D eigenvalue weighted by atomic mass is 16.3. The second kappa shape index (κ2) is 8.38. The molecule has 0 aliphatic carbocycles. The Morgan fingerprint density at radius 1 is 1.06 bits per heavy atom. The molecule has 1 aliphatic heterocycles. The molecule has 0 saturated heterocycles. The zero-order valence-corrected chi connectivity index (χ0v) is 18.1. The summed E-state index contributed by atoms with van der Waals surface area (Å²) in [5.41, 5.74) is 3.70. The molecule has 1 aliphatic rings. The Bertz CT molecular complexity index is 1180. The normalized spacial score (nSPS) is 13.2. The number of hydrogen-bond acceptors (Lipinski definition) is 4. The quantitative estimate of drug-likeness (QED) is 0.535. The highest BCUT2D eigenvalue weighted by Crippen LogP contribution is 2.28. The van der Waals surface area contributed by atoms with Gasteiger partial charge in [0, 0.05) is 43.9 Å². The molecule has 0 N–H and O–H groups in total. The second-order valence-electron chi connectivity index (χ2n) is 8.02. The molecular formula is C25H26N2O4. The first kappa shape index (κ1) is 20.8. The molecule has 160 valence electrons. The average Bonchev–Trinajstić information content (AvgIpc) is 3.23. The van der Waals surface area contributed by atoms with Gasteiger partial charge >= 0.3 is 0 Å². The van der Waals surface area contributed by atoms with Crippen LogP contribution in [-0.2, 0) is 17.8 Å². The lowest BCUT2D eigenvalue weighted by atomic mass is 10.1. The van der Waals surface area contributed by atoms with Crippen LogP contribution in [0.15, 0.2) is 46.9 Å². The van der Waals surface area contributed by atoms with Gasteiger partial charge in [0.2, 0.25) is 5.91 Å². The van der Waals surface area contributed by atoms with E-state index in [0.29, 0.717) is 24.1 Å². The molecule has 0 atom stereocenters. The lowest BCUT2D eigenvalue weighted by Gasteiger charge is -2.19. The maximum Gasteiger partial charge on any atom is 0.261 e. The summed E-state index contributed by atoms with van der Waals surface area (Å²) in [6.07, 6.45) is 1.45. The fourth-order valence-corrected chi connectivity index (χ4v) is 4.12. The summed E-state index contributed by atoms with van der Waals surface area (Å²) in [5, 5.41) is 1.03. The third-order valence-electron chi connectivity index (χ3n) is 5.82. The first-order valence-electron chi connectivity index (χ1n) is 10.6. The van der Waals surface area contributed by atoms with Gasteiger partial charge in [-0.1, -0.05) is 36.8 Å². The maximum atomic E-state index is 12.7. The Morgan fingerprint density at radius 3 is 2.58 bits per heavy atom. The number of aryl methyl sites for hydroxylation is 2. The van der Waals surface area contributed by atoms with E-state index in [0.717, 1.165) is 34.3 Å². The van der Waals surface area contributed by atoms with E-state index in [2.05, 4.69) is 0 Å². The summed E-state index contributed by atoms with van der Waals surface area (Å²) in [4.78, 5) is 40.7. The third kappa shape index (κ3) is 3.85. The molecule has 31 heavy (non-hydrogen) atoms. The molecule has 0 unspecified atom stereocenters. The molecule has 3 amide bonds. The van der Waals surface area contributed by atoms with Crippen molar-refractivity contribution in [3.05, 3.63) is 70.5 Å². The molecule has 0 spiro atoms. The molecule has 2 aromatic carbocycles. The molecule has 0 bridgehead atoms. The number of imide groups is 1. The highest BCUT2D eigenvalue weighted by Gasteiger charge is 2.35. The van der Waals surface area contributed by atoms with E-state index in [-0.39, 0.29) is 30.7 Å². The van der Waals surface area contributed by atoms with Crippen molar-refractivity contribution in [3.63, 3.8) is 0 Å². The predicted octanol–water partition coefficient (Wildman–Crippen LogP) is 4.34. The number of carbonyl (C=O) groups is 3. The first-order chi connectivity index (χ1) is 14.9. The molecule has 1 aromatic heterocycles. The summed E-state index contributed by atoms with van der Waals surface area (Å²) in [7, 11) is 1.77. The van der Waals surface area contributed by atoms with Crippen LogP contribution in [0.25, 0.3) is 11.0 Å². The Morgan fingerprint density at radius 2 is 1.81 bits per heavy atom. The number of para-hydroxylation sites is 1. The van der Waals surface area contributed by atoms with Crippen molar-refractivity contribution >= 4 is 28.7 Å². The number of benzene rings is 2. The fraction of sp³-hybridized carbons (Fsp3) is 0.320. The maximum absolute atomic E-state index is 12.7. The summed E-state index contributed by atoms with van der Waals surface area (Å²) in [6, 6.07) is 13.1. The molecule has 0 fully saturated rings.